The minimum absolute atomic E-state index is 0.129. The predicted octanol–water partition coefficient (Wildman–Crippen LogP) is 2.89. The Hall–Kier alpha value is -2.64. The average molecular weight is 382 g/mol. The normalized spacial score (nSPS) is 16.5. The number of carbonyl (C=O) groups excluding carboxylic acids is 2. The van der Waals surface area contributed by atoms with E-state index in [0.717, 1.165) is 5.52 Å². The van der Waals surface area contributed by atoms with Crippen LogP contribution in [-0.2, 0) is 4.79 Å². The van der Waals surface area contributed by atoms with Crippen LogP contribution in [0, 0.1) is 0 Å². The summed E-state index contributed by atoms with van der Waals surface area (Å²) in [7, 11) is 0. The summed E-state index contributed by atoms with van der Waals surface area (Å²) in [6.45, 7) is 3.38. The SMILES string of the molecule is C[C@H](NC[C@@H](c1cccs1)c1c[nH]c2ccccc12)C(=O)N1CCNC1=O. The predicted molar refractivity (Wildman–Crippen MR) is 107 cm³/mol. The van der Waals surface area contributed by atoms with Crippen molar-refractivity contribution in [3.05, 3.63) is 58.4 Å². The van der Waals surface area contributed by atoms with Crippen LogP contribution in [-0.4, -0.2) is 47.5 Å². The van der Waals surface area contributed by atoms with Gasteiger partial charge in [0.2, 0.25) is 5.91 Å². The van der Waals surface area contributed by atoms with Crippen molar-refractivity contribution < 1.29 is 9.59 Å². The number of hydrogen-bond acceptors (Lipinski definition) is 4. The molecule has 6 nitrogen and oxygen atoms in total. The van der Waals surface area contributed by atoms with Crippen molar-refractivity contribution in [2.24, 2.45) is 0 Å². The van der Waals surface area contributed by atoms with E-state index in [1.807, 2.05) is 25.1 Å². The van der Waals surface area contributed by atoms with Crippen molar-refractivity contribution in [1.29, 1.82) is 0 Å². The van der Waals surface area contributed by atoms with Crippen LogP contribution in [0.15, 0.2) is 48.0 Å². The first-order valence-corrected chi connectivity index (χ1v) is 9.95. The number of para-hydroxylation sites is 1. The first kappa shape index (κ1) is 17.8. The highest BCUT2D eigenvalue weighted by atomic mass is 32.1. The molecule has 140 valence electrons. The molecule has 1 aliphatic rings. The molecule has 3 N–H and O–H groups in total. The van der Waals surface area contributed by atoms with E-state index in [4.69, 9.17) is 0 Å². The molecule has 7 heteroatoms. The van der Waals surface area contributed by atoms with Gasteiger partial charge in [-0.05, 0) is 30.0 Å². The second-order valence-corrected chi connectivity index (χ2v) is 7.69. The zero-order valence-electron chi connectivity index (χ0n) is 15.1. The molecule has 1 aromatic carbocycles. The monoisotopic (exact) mass is 382 g/mol. The number of thiophene rings is 1. The summed E-state index contributed by atoms with van der Waals surface area (Å²) < 4.78 is 0. The maximum absolute atomic E-state index is 12.6. The van der Waals surface area contributed by atoms with Gasteiger partial charge in [-0.3, -0.25) is 9.69 Å². The van der Waals surface area contributed by atoms with Crippen LogP contribution in [0.3, 0.4) is 0 Å². The van der Waals surface area contributed by atoms with E-state index < -0.39 is 6.04 Å². The maximum Gasteiger partial charge on any atom is 0.324 e. The lowest BCUT2D eigenvalue weighted by Gasteiger charge is -2.22. The topological polar surface area (TPSA) is 77.2 Å². The highest BCUT2D eigenvalue weighted by molar-refractivity contribution is 7.10. The number of imide groups is 1. The minimum atomic E-state index is -0.429. The standard InChI is InChI=1S/C20H22N4O2S/c1-13(19(25)24-9-8-21-20(24)26)22-12-16(18-7-4-10-27-18)15-11-23-17-6-3-2-5-14(15)17/h2-7,10-11,13,16,22-23H,8-9,12H2,1H3,(H,21,26)/t13-,16+/m0/s1. The van der Waals surface area contributed by atoms with E-state index in [1.165, 1.54) is 20.7 Å². The molecule has 0 unspecified atom stereocenters. The third kappa shape index (κ3) is 3.48. The van der Waals surface area contributed by atoms with Crippen LogP contribution in [0.1, 0.15) is 23.3 Å². The lowest BCUT2D eigenvalue weighted by atomic mass is 9.96. The smallest absolute Gasteiger partial charge is 0.324 e. The molecule has 3 heterocycles. The number of nitrogens with one attached hydrogen (secondary N) is 3. The Balaban J connectivity index is 1.54. The molecule has 0 saturated carbocycles. The summed E-state index contributed by atoms with van der Waals surface area (Å²) in [6.07, 6.45) is 2.05. The molecular weight excluding hydrogens is 360 g/mol. The number of amides is 3. The number of carbonyl (C=O) groups is 2. The molecule has 3 aromatic rings. The van der Waals surface area contributed by atoms with Crippen molar-refractivity contribution in [2.75, 3.05) is 19.6 Å². The van der Waals surface area contributed by atoms with Gasteiger partial charge < -0.3 is 15.6 Å². The van der Waals surface area contributed by atoms with Crippen LogP contribution < -0.4 is 10.6 Å². The zero-order chi connectivity index (χ0) is 18.8. The van der Waals surface area contributed by atoms with Crippen LogP contribution in [0.5, 0.6) is 0 Å². The number of hydrogen-bond donors (Lipinski definition) is 3. The second-order valence-electron chi connectivity index (χ2n) is 6.71. The van der Waals surface area contributed by atoms with Gasteiger partial charge in [0, 0.05) is 47.5 Å². The number of aromatic nitrogens is 1. The second kappa shape index (κ2) is 7.54. The van der Waals surface area contributed by atoms with Crippen molar-refractivity contribution in [3.63, 3.8) is 0 Å². The Bertz CT molecular complexity index is 950. The van der Waals surface area contributed by atoms with Crippen molar-refractivity contribution >= 4 is 34.2 Å². The van der Waals surface area contributed by atoms with Crippen LogP contribution in [0.4, 0.5) is 4.79 Å². The molecule has 1 aliphatic heterocycles. The molecule has 0 radical (unpaired) electrons. The van der Waals surface area contributed by atoms with Gasteiger partial charge in [-0.2, -0.15) is 0 Å². The number of urea groups is 1. The highest BCUT2D eigenvalue weighted by Gasteiger charge is 2.30. The molecule has 4 rings (SSSR count). The van der Waals surface area contributed by atoms with E-state index in [0.29, 0.717) is 19.6 Å². The quantitative estimate of drug-likeness (QED) is 0.613. The van der Waals surface area contributed by atoms with Gasteiger partial charge in [0.05, 0.1) is 6.04 Å². The Morgan fingerprint density at radius 2 is 2.15 bits per heavy atom. The van der Waals surface area contributed by atoms with E-state index in [2.05, 4.69) is 45.4 Å². The molecule has 1 saturated heterocycles. The van der Waals surface area contributed by atoms with Gasteiger partial charge in [-0.1, -0.05) is 24.3 Å². The van der Waals surface area contributed by atoms with E-state index in [9.17, 15) is 9.59 Å². The molecule has 3 amide bonds. The molecular formula is C20H22N4O2S. The van der Waals surface area contributed by atoms with Crippen LogP contribution >= 0.6 is 11.3 Å². The summed E-state index contributed by atoms with van der Waals surface area (Å²) in [5.41, 5.74) is 2.31. The summed E-state index contributed by atoms with van der Waals surface area (Å²) in [6, 6.07) is 11.7. The summed E-state index contributed by atoms with van der Waals surface area (Å²) >= 11 is 1.71. The van der Waals surface area contributed by atoms with Gasteiger partial charge in [-0.25, -0.2) is 4.79 Å². The number of aromatic amines is 1. The zero-order valence-corrected chi connectivity index (χ0v) is 15.9. The summed E-state index contributed by atoms with van der Waals surface area (Å²) in [5.74, 6) is -0.0577. The van der Waals surface area contributed by atoms with E-state index >= 15 is 0 Å². The molecule has 2 atom stereocenters. The fourth-order valence-electron chi connectivity index (χ4n) is 3.53. The molecule has 0 bridgehead atoms. The first-order valence-electron chi connectivity index (χ1n) is 9.07. The van der Waals surface area contributed by atoms with Crippen LogP contribution in [0.25, 0.3) is 10.9 Å². The lowest BCUT2D eigenvalue weighted by Crippen LogP contribution is -2.47. The van der Waals surface area contributed by atoms with E-state index in [-0.39, 0.29) is 17.9 Å². The minimum Gasteiger partial charge on any atom is -0.361 e. The van der Waals surface area contributed by atoms with Gasteiger partial charge in [0.1, 0.15) is 0 Å². The highest BCUT2D eigenvalue weighted by Crippen LogP contribution is 2.32. The third-order valence-electron chi connectivity index (χ3n) is 5.00. The number of rotatable bonds is 6. The molecule has 2 aromatic heterocycles. The molecule has 1 fully saturated rings. The van der Waals surface area contributed by atoms with Crippen LogP contribution in [0.2, 0.25) is 0 Å². The Kier molecular flexibility index (Phi) is 4.96. The van der Waals surface area contributed by atoms with Gasteiger partial charge in [-0.15, -0.1) is 11.3 Å². The fourth-order valence-corrected chi connectivity index (χ4v) is 4.38. The molecule has 0 spiro atoms. The lowest BCUT2D eigenvalue weighted by molar-refractivity contribution is -0.129. The molecule has 27 heavy (non-hydrogen) atoms. The van der Waals surface area contributed by atoms with Crippen molar-refractivity contribution in [2.45, 2.75) is 18.9 Å². The van der Waals surface area contributed by atoms with Crippen molar-refractivity contribution in [3.8, 4) is 0 Å². The Morgan fingerprint density at radius 3 is 2.89 bits per heavy atom. The van der Waals surface area contributed by atoms with E-state index in [1.54, 1.807) is 11.3 Å². The Labute approximate surface area is 161 Å². The summed E-state index contributed by atoms with van der Waals surface area (Å²) in [5, 5.41) is 9.27. The van der Waals surface area contributed by atoms with Gasteiger partial charge >= 0.3 is 6.03 Å². The number of nitrogens with zero attached hydrogens (tertiary/aromatic N) is 1. The third-order valence-corrected chi connectivity index (χ3v) is 5.99. The number of benzene rings is 1. The number of fused-ring (bicyclic) bond motifs is 1. The Morgan fingerprint density at radius 1 is 1.30 bits per heavy atom. The van der Waals surface area contributed by atoms with Crippen molar-refractivity contribution in [1.82, 2.24) is 20.5 Å². The summed E-state index contributed by atoms with van der Waals surface area (Å²) in [4.78, 5) is 30.2. The molecule has 0 aliphatic carbocycles. The first-order chi connectivity index (χ1) is 13.1. The fraction of sp³-hybridized carbons (Fsp3) is 0.300. The van der Waals surface area contributed by atoms with Gasteiger partial charge in [0.25, 0.3) is 0 Å². The van der Waals surface area contributed by atoms with Gasteiger partial charge in [0.15, 0.2) is 0 Å². The maximum atomic E-state index is 12.6. The average Bonchev–Trinajstić information content (AvgIpc) is 3.42. The number of H-pyrrole nitrogens is 1. The largest absolute Gasteiger partial charge is 0.361 e.